The summed E-state index contributed by atoms with van der Waals surface area (Å²) >= 11 is 0. The Labute approximate surface area is 165 Å². The van der Waals surface area contributed by atoms with Gasteiger partial charge >= 0.3 is 5.97 Å². The number of nitrogens with zero attached hydrogens (tertiary/aromatic N) is 2. The summed E-state index contributed by atoms with van der Waals surface area (Å²) < 4.78 is 12.4. The number of fused-ring (bicyclic) bond motifs is 5. The van der Waals surface area contributed by atoms with Gasteiger partial charge in [-0.2, -0.15) is 0 Å². The van der Waals surface area contributed by atoms with Gasteiger partial charge in [-0.1, -0.05) is 18.2 Å². The zero-order valence-corrected chi connectivity index (χ0v) is 16.0. The summed E-state index contributed by atoms with van der Waals surface area (Å²) in [5.74, 6) is 0.123. The molecule has 6 nitrogen and oxygen atoms in total. The van der Waals surface area contributed by atoms with Gasteiger partial charge in [0.05, 0.1) is 22.7 Å². The average Bonchev–Trinajstić information content (AvgIpc) is 3.05. The van der Waals surface area contributed by atoms with Gasteiger partial charge in [0.2, 0.25) is 0 Å². The Bertz CT molecular complexity index is 1450. The molecule has 6 heteroatoms. The van der Waals surface area contributed by atoms with Gasteiger partial charge < -0.3 is 9.47 Å². The summed E-state index contributed by atoms with van der Waals surface area (Å²) in [5.41, 5.74) is 2.29. The lowest BCUT2D eigenvalue weighted by molar-refractivity contribution is -0.149. The van der Waals surface area contributed by atoms with E-state index >= 15 is 0 Å². The second kappa shape index (κ2) is 6.44. The van der Waals surface area contributed by atoms with E-state index in [1.54, 1.807) is 30.5 Å². The number of pyridine rings is 2. The van der Waals surface area contributed by atoms with Gasteiger partial charge in [0, 0.05) is 27.7 Å². The first kappa shape index (κ1) is 17.4. The van der Waals surface area contributed by atoms with E-state index in [0.29, 0.717) is 11.1 Å². The van der Waals surface area contributed by atoms with Crippen LogP contribution in [-0.4, -0.2) is 28.1 Å². The molecule has 0 spiro atoms. The zero-order valence-electron chi connectivity index (χ0n) is 16.0. The lowest BCUT2D eigenvalue weighted by atomic mass is 10.1. The highest BCUT2D eigenvalue weighted by atomic mass is 16.6. The molecule has 3 heterocycles. The van der Waals surface area contributed by atoms with E-state index in [9.17, 15) is 9.59 Å². The van der Waals surface area contributed by atoms with Crippen LogP contribution in [0.4, 0.5) is 0 Å². The first-order chi connectivity index (χ1) is 14.0. The smallest absolute Gasteiger partial charge is 0.344 e. The van der Waals surface area contributed by atoms with Gasteiger partial charge in [0.1, 0.15) is 5.75 Å². The van der Waals surface area contributed by atoms with Crippen LogP contribution in [-0.2, 0) is 9.53 Å². The molecular weight excluding hydrogens is 368 g/mol. The minimum atomic E-state index is -0.419. The third-order valence-corrected chi connectivity index (χ3v) is 4.99. The largest absolute Gasteiger partial charge is 0.482 e. The van der Waals surface area contributed by atoms with Gasteiger partial charge in [0.15, 0.2) is 6.61 Å². The second-order valence-electron chi connectivity index (χ2n) is 7.25. The van der Waals surface area contributed by atoms with Crippen molar-refractivity contribution < 1.29 is 14.3 Å². The molecule has 5 aromatic rings. The van der Waals surface area contributed by atoms with E-state index in [1.807, 2.05) is 42.5 Å². The highest BCUT2D eigenvalue weighted by Gasteiger charge is 2.18. The van der Waals surface area contributed by atoms with E-state index < -0.39 is 5.97 Å². The monoisotopic (exact) mass is 386 g/mol. The Balaban J connectivity index is 1.72. The lowest BCUT2D eigenvalue weighted by Gasteiger charge is -2.09. The lowest BCUT2D eigenvalue weighted by Crippen LogP contribution is -2.18. The molecule has 0 unspecified atom stereocenters. The predicted octanol–water partition coefficient (Wildman–Crippen LogP) is 3.92. The normalized spacial score (nSPS) is 11.8. The SMILES string of the molecule is CC(C)OC(=O)COc1ccc2c(c1)c1ccnc3c4ccccc4c(=O)n2c13. The fourth-order valence-corrected chi connectivity index (χ4v) is 3.88. The maximum Gasteiger partial charge on any atom is 0.344 e. The first-order valence-electron chi connectivity index (χ1n) is 9.44. The topological polar surface area (TPSA) is 69.9 Å². The molecule has 0 saturated heterocycles. The van der Waals surface area contributed by atoms with Crippen molar-refractivity contribution in [2.45, 2.75) is 20.0 Å². The van der Waals surface area contributed by atoms with Gasteiger partial charge in [-0.15, -0.1) is 0 Å². The van der Waals surface area contributed by atoms with E-state index in [0.717, 1.165) is 32.7 Å². The average molecular weight is 386 g/mol. The highest BCUT2D eigenvalue weighted by Crippen LogP contribution is 2.34. The fourth-order valence-electron chi connectivity index (χ4n) is 3.88. The molecular formula is C23H18N2O4. The van der Waals surface area contributed by atoms with Crippen molar-refractivity contribution in [2.24, 2.45) is 0 Å². The number of rotatable bonds is 4. The van der Waals surface area contributed by atoms with Crippen molar-refractivity contribution >= 4 is 44.1 Å². The molecule has 0 N–H and O–H groups in total. The van der Waals surface area contributed by atoms with Crippen LogP contribution in [0.2, 0.25) is 0 Å². The molecule has 0 amide bonds. The summed E-state index contributed by atoms with van der Waals surface area (Å²) in [4.78, 5) is 29.5. The number of esters is 1. The standard InChI is InChI=1S/C23H18N2O4/c1-13(2)29-20(26)12-28-14-7-8-19-18(11-14)16-9-10-24-21-15-5-3-4-6-17(15)23(27)25(19)22(16)21/h3-11,13H,12H2,1-2H3. The second-order valence-corrected chi connectivity index (χ2v) is 7.25. The molecule has 0 aliphatic heterocycles. The van der Waals surface area contributed by atoms with E-state index in [-0.39, 0.29) is 18.3 Å². The Morgan fingerprint density at radius 1 is 1.03 bits per heavy atom. The molecule has 0 bridgehead atoms. The van der Waals surface area contributed by atoms with Crippen LogP contribution in [0.15, 0.2) is 59.5 Å². The van der Waals surface area contributed by atoms with Crippen molar-refractivity contribution in [1.29, 1.82) is 0 Å². The van der Waals surface area contributed by atoms with Gasteiger partial charge in [-0.05, 0) is 44.2 Å². The third kappa shape index (κ3) is 2.68. The number of aromatic nitrogens is 2. The van der Waals surface area contributed by atoms with Crippen molar-refractivity contribution in [3.8, 4) is 5.75 Å². The number of ether oxygens (including phenoxy) is 2. The molecule has 0 saturated carbocycles. The molecule has 144 valence electrons. The quantitative estimate of drug-likeness (QED) is 0.346. The van der Waals surface area contributed by atoms with E-state index in [4.69, 9.17) is 9.47 Å². The molecule has 3 aromatic heterocycles. The predicted molar refractivity (Wildman–Crippen MR) is 112 cm³/mol. The Morgan fingerprint density at radius 3 is 2.62 bits per heavy atom. The van der Waals surface area contributed by atoms with Crippen LogP contribution in [0, 0.1) is 0 Å². The number of benzene rings is 2. The molecule has 0 aliphatic carbocycles. The summed E-state index contributed by atoms with van der Waals surface area (Å²) in [6.07, 6.45) is 1.56. The Morgan fingerprint density at radius 2 is 1.83 bits per heavy atom. The number of hydrogen-bond donors (Lipinski definition) is 0. The third-order valence-electron chi connectivity index (χ3n) is 4.99. The molecule has 5 rings (SSSR count). The minimum absolute atomic E-state index is 0.0738. The minimum Gasteiger partial charge on any atom is -0.482 e. The van der Waals surface area contributed by atoms with E-state index in [1.165, 1.54) is 0 Å². The first-order valence-corrected chi connectivity index (χ1v) is 9.44. The van der Waals surface area contributed by atoms with Crippen molar-refractivity contribution in [2.75, 3.05) is 6.61 Å². The summed E-state index contributed by atoms with van der Waals surface area (Å²) in [7, 11) is 0. The van der Waals surface area contributed by atoms with Gasteiger partial charge in [0.25, 0.3) is 5.56 Å². The summed E-state index contributed by atoms with van der Waals surface area (Å²) in [6, 6.07) is 14.9. The maximum atomic E-state index is 13.2. The highest BCUT2D eigenvalue weighted by molar-refractivity contribution is 6.18. The fraction of sp³-hybridized carbons (Fsp3) is 0.174. The zero-order chi connectivity index (χ0) is 20.1. The van der Waals surface area contributed by atoms with Crippen LogP contribution >= 0.6 is 0 Å². The molecule has 29 heavy (non-hydrogen) atoms. The van der Waals surface area contributed by atoms with Gasteiger partial charge in [-0.25, -0.2) is 4.79 Å². The Kier molecular flexibility index (Phi) is 3.87. The molecule has 0 fully saturated rings. The van der Waals surface area contributed by atoms with Crippen molar-refractivity contribution in [3.63, 3.8) is 0 Å². The van der Waals surface area contributed by atoms with Crippen LogP contribution < -0.4 is 10.3 Å². The number of carbonyl (C=O) groups excluding carboxylic acids is 1. The number of hydrogen-bond acceptors (Lipinski definition) is 5. The van der Waals surface area contributed by atoms with Crippen molar-refractivity contribution in [3.05, 3.63) is 65.1 Å². The molecule has 0 radical (unpaired) electrons. The van der Waals surface area contributed by atoms with Crippen molar-refractivity contribution in [1.82, 2.24) is 9.38 Å². The molecule has 2 aromatic carbocycles. The van der Waals surface area contributed by atoms with Crippen LogP contribution in [0.1, 0.15) is 13.8 Å². The molecule has 0 atom stereocenters. The van der Waals surface area contributed by atoms with E-state index in [2.05, 4.69) is 4.98 Å². The number of carbonyl (C=O) groups is 1. The maximum absolute atomic E-state index is 13.2. The van der Waals surface area contributed by atoms with Crippen LogP contribution in [0.25, 0.3) is 38.1 Å². The molecule has 0 aliphatic rings. The summed E-state index contributed by atoms with van der Waals surface area (Å²) in [5, 5.41) is 3.27. The summed E-state index contributed by atoms with van der Waals surface area (Å²) in [6.45, 7) is 3.42. The Hall–Kier alpha value is -3.67. The van der Waals surface area contributed by atoms with Gasteiger partial charge in [-0.3, -0.25) is 14.2 Å². The van der Waals surface area contributed by atoms with Crippen LogP contribution in [0.3, 0.4) is 0 Å². The van der Waals surface area contributed by atoms with Crippen LogP contribution in [0.5, 0.6) is 5.75 Å².